The molecular weight excluding hydrogens is 424 g/mol. The van der Waals surface area contributed by atoms with Crippen LogP contribution in [0.5, 0.6) is 0 Å². The maximum atomic E-state index is 13.9. The zero-order valence-corrected chi connectivity index (χ0v) is 21.6. The molecule has 2 unspecified atom stereocenters. The highest BCUT2D eigenvalue weighted by Crippen LogP contribution is 2.44. The molecule has 1 saturated carbocycles. The third kappa shape index (κ3) is 6.96. The lowest BCUT2D eigenvalue weighted by Gasteiger charge is -2.41. The van der Waals surface area contributed by atoms with Gasteiger partial charge < -0.3 is 0 Å². The van der Waals surface area contributed by atoms with Crippen molar-refractivity contribution in [3.05, 3.63) is 35.9 Å². The van der Waals surface area contributed by atoms with Crippen LogP contribution < -0.4 is 0 Å². The van der Waals surface area contributed by atoms with Crippen LogP contribution in [0.2, 0.25) is 0 Å². The molecule has 0 saturated heterocycles. The van der Waals surface area contributed by atoms with Gasteiger partial charge in [0.2, 0.25) is 0 Å². The van der Waals surface area contributed by atoms with Crippen molar-refractivity contribution in [2.75, 3.05) is 0 Å². The predicted molar refractivity (Wildman–Crippen MR) is 137 cm³/mol. The molecule has 0 N–H and O–H groups in total. The Morgan fingerprint density at radius 3 is 1.88 bits per heavy atom. The summed E-state index contributed by atoms with van der Waals surface area (Å²) in [4.78, 5) is 54.6. The third-order valence-electron chi connectivity index (χ3n) is 7.49. The van der Waals surface area contributed by atoms with Gasteiger partial charge in [-0.3, -0.25) is 19.2 Å². The molecule has 0 aromatic heterocycles. The zero-order chi connectivity index (χ0) is 25.0. The average Bonchev–Trinajstić information content (AvgIpc) is 2.84. The van der Waals surface area contributed by atoms with Gasteiger partial charge in [-0.25, -0.2) is 0 Å². The molecule has 1 aliphatic rings. The third-order valence-corrected chi connectivity index (χ3v) is 7.49. The minimum Gasteiger partial charge on any atom is -0.298 e. The number of carbonyl (C=O) groups excluding carboxylic acids is 4. The van der Waals surface area contributed by atoms with E-state index in [-0.39, 0.29) is 23.8 Å². The van der Waals surface area contributed by atoms with Crippen LogP contribution in [-0.2, 0) is 25.6 Å². The van der Waals surface area contributed by atoms with E-state index in [1.165, 1.54) is 0 Å². The molecule has 4 nitrogen and oxygen atoms in total. The maximum Gasteiger partial charge on any atom is 0.164 e. The second-order valence-corrected chi connectivity index (χ2v) is 10.1. The number of carbonyl (C=O) groups is 4. The van der Waals surface area contributed by atoms with Crippen LogP contribution in [-0.4, -0.2) is 23.1 Å². The fourth-order valence-corrected chi connectivity index (χ4v) is 5.40. The Morgan fingerprint density at radius 1 is 0.765 bits per heavy atom. The Kier molecular flexibility index (Phi) is 11.9. The molecule has 0 amide bonds. The summed E-state index contributed by atoms with van der Waals surface area (Å²) in [5.41, 5.74) is -0.151. The van der Waals surface area contributed by atoms with Crippen LogP contribution in [0.3, 0.4) is 0 Å². The monoisotopic (exact) mass is 468 g/mol. The molecule has 4 heteroatoms. The maximum absolute atomic E-state index is 13.9. The van der Waals surface area contributed by atoms with E-state index in [4.69, 9.17) is 0 Å². The van der Waals surface area contributed by atoms with Crippen molar-refractivity contribution in [2.24, 2.45) is 17.3 Å². The van der Waals surface area contributed by atoms with E-state index in [2.05, 4.69) is 20.8 Å². The minimum absolute atomic E-state index is 0.155. The first-order valence-electron chi connectivity index (χ1n) is 13.6. The lowest BCUT2D eigenvalue weighted by atomic mass is 9.57. The molecule has 0 heterocycles. The van der Waals surface area contributed by atoms with E-state index in [0.29, 0.717) is 25.7 Å². The lowest BCUT2D eigenvalue weighted by Crippen LogP contribution is -2.57. The van der Waals surface area contributed by atoms with E-state index in [1.807, 2.05) is 30.3 Å². The number of ketones is 4. The van der Waals surface area contributed by atoms with Crippen LogP contribution in [0, 0.1) is 17.3 Å². The zero-order valence-electron chi connectivity index (χ0n) is 21.6. The Labute approximate surface area is 206 Å². The molecule has 0 aliphatic heterocycles. The smallest absolute Gasteiger partial charge is 0.164 e. The van der Waals surface area contributed by atoms with Crippen molar-refractivity contribution in [1.29, 1.82) is 0 Å². The van der Waals surface area contributed by atoms with Crippen LogP contribution in [0.1, 0.15) is 110 Å². The van der Waals surface area contributed by atoms with Crippen molar-refractivity contribution in [1.82, 2.24) is 0 Å². The molecule has 2 rings (SSSR count). The van der Waals surface area contributed by atoms with Crippen molar-refractivity contribution >= 4 is 23.1 Å². The van der Waals surface area contributed by atoms with Crippen LogP contribution in [0.25, 0.3) is 0 Å². The predicted octanol–water partition coefficient (Wildman–Crippen LogP) is 6.87. The molecule has 1 aromatic rings. The van der Waals surface area contributed by atoms with Crippen LogP contribution >= 0.6 is 0 Å². The second kappa shape index (κ2) is 14.3. The molecule has 1 aliphatic carbocycles. The summed E-state index contributed by atoms with van der Waals surface area (Å²) >= 11 is 0. The van der Waals surface area contributed by atoms with Gasteiger partial charge in [-0.1, -0.05) is 109 Å². The highest BCUT2D eigenvalue weighted by Gasteiger charge is 2.58. The summed E-state index contributed by atoms with van der Waals surface area (Å²) in [6, 6.07) is 9.67. The average molecular weight is 469 g/mol. The van der Waals surface area contributed by atoms with Gasteiger partial charge in [-0.05, 0) is 31.2 Å². The lowest BCUT2D eigenvalue weighted by molar-refractivity contribution is -0.160. The minimum atomic E-state index is -1.27. The SMILES string of the molecule is CCCCCC1C(=O)C(C(=O)CCc2ccccc2)C(=O)C(CCCCC)(CCCCC)C1=O. The fourth-order valence-electron chi connectivity index (χ4n) is 5.40. The summed E-state index contributed by atoms with van der Waals surface area (Å²) < 4.78 is 0. The van der Waals surface area contributed by atoms with Gasteiger partial charge in [0.05, 0.1) is 11.3 Å². The molecule has 1 fully saturated rings. The highest BCUT2D eigenvalue weighted by molar-refractivity contribution is 6.33. The number of rotatable bonds is 16. The van der Waals surface area contributed by atoms with E-state index < -0.39 is 23.0 Å². The molecule has 1 aromatic carbocycles. The Balaban J connectivity index is 2.36. The fraction of sp³-hybridized carbons (Fsp3) is 0.667. The summed E-state index contributed by atoms with van der Waals surface area (Å²) in [5, 5.41) is 0. The van der Waals surface area contributed by atoms with Gasteiger partial charge in [0.15, 0.2) is 23.1 Å². The van der Waals surface area contributed by atoms with Gasteiger partial charge in [-0.2, -0.15) is 0 Å². The second-order valence-electron chi connectivity index (χ2n) is 10.1. The Hall–Kier alpha value is -2.10. The van der Waals surface area contributed by atoms with Gasteiger partial charge in [0.1, 0.15) is 5.92 Å². The first kappa shape index (κ1) is 28.1. The summed E-state index contributed by atoms with van der Waals surface area (Å²) in [6.07, 6.45) is 10.2. The molecule has 0 bridgehead atoms. The highest BCUT2D eigenvalue weighted by atomic mass is 16.2. The van der Waals surface area contributed by atoms with E-state index in [9.17, 15) is 19.2 Å². The number of aryl methyl sites for hydroxylation is 1. The normalized spacial score (nSPS) is 20.0. The molecule has 0 radical (unpaired) electrons. The van der Waals surface area contributed by atoms with Crippen molar-refractivity contribution in [3.63, 3.8) is 0 Å². The van der Waals surface area contributed by atoms with Gasteiger partial charge in [-0.15, -0.1) is 0 Å². The molecule has 188 valence electrons. The number of Topliss-reactive ketones (excluding diaryl/α,β-unsaturated/α-hetero) is 4. The molecule has 2 atom stereocenters. The van der Waals surface area contributed by atoms with E-state index in [1.54, 1.807) is 0 Å². The summed E-state index contributed by atoms with van der Waals surface area (Å²) in [7, 11) is 0. The van der Waals surface area contributed by atoms with Crippen molar-refractivity contribution < 1.29 is 19.2 Å². The van der Waals surface area contributed by atoms with Gasteiger partial charge >= 0.3 is 0 Å². The standard InChI is InChI=1S/C30H44O4/c1-4-7-11-18-24-27(32)26(25(31)20-19-23-16-12-10-13-17-23)29(34)30(28(24)33,21-14-8-5-2)22-15-9-6-3/h10,12-13,16-17,24,26H,4-9,11,14-15,18-22H2,1-3H3. The Morgan fingerprint density at radius 2 is 1.32 bits per heavy atom. The summed E-state index contributed by atoms with van der Waals surface area (Å²) in [5.74, 6) is -3.38. The largest absolute Gasteiger partial charge is 0.298 e. The Bertz CT molecular complexity index is 800. The number of hydrogen-bond donors (Lipinski definition) is 0. The first-order valence-corrected chi connectivity index (χ1v) is 13.6. The summed E-state index contributed by atoms with van der Waals surface area (Å²) in [6.45, 7) is 6.28. The number of benzene rings is 1. The van der Waals surface area contributed by atoms with E-state index >= 15 is 0 Å². The number of unbranched alkanes of at least 4 members (excludes halogenated alkanes) is 6. The first-order chi connectivity index (χ1) is 16.4. The van der Waals surface area contributed by atoms with Crippen LogP contribution in [0.4, 0.5) is 0 Å². The van der Waals surface area contributed by atoms with Gasteiger partial charge in [0.25, 0.3) is 0 Å². The van der Waals surface area contributed by atoms with Crippen LogP contribution in [0.15, 0.2) is 30.3 Å². The van der Waals surface area contributed by atoms with Crippen molar-refractivity contribution in [2.45, 2.75) is 111 Å². The molecular formula is C30H44O4. The number of hydrogen-bond acceptors (Lipinski definition) is 4. The topological polar surface area (TPSA) is 68.3 Å². The molecule has 0 spiro atoms. The quantitative estimate of drug-likeness (QED) is 0.196. The van der Waals surface area contributed by atoms with Gasteiger partial charge in [0, 0.05) is 6.42 Å². The van der Waals surface area contributed by atoms with E-state index in [0.717, 1.165) is 63.4 Å². The van der Waals surface area contributed by atoms with Crippen molar-refractivity contribution in [3.8, 4) is 0 Å². The molecule has 34 heavy (non-hydrogen) atoms.